The van der Waals surface area contributed by atoms with E-state index in [0.717, 1.165) is 5.56 Å². The van der Waals surface area contributed by atoms with Crippen LogP contribution in [0.25, 0.3) is 6.08 Å². The molecule has 0 saturated heterocycles. The molecular weight excluding hydrogens is 306 g/mol. The molecule has 0 aliphatic carbocycles. The van der Waals surface area contributed by atoms with Crippen molar-refractivity contribution in [1.29, 1.82) is 5.26 Å². The van der Waals surface area contributed by atoms with Crippen LogP contribution < -0.4 is 14.2 Å². The lowest BCUT2D eigenvalue weighted by molar-refractivity contribution is 0.100. The summed E-state index contributed by atoms with van der Waals surface area (Å²) in [5.74, 6) is 1.56. The van der Waals surface area contributed by atoms with Crippen molar-refractivity contribution in [2.24, 2.45) is 0 Å². The first-order chi connectivity index (χ1) is 11.7. The Kier molecular flexibility index (Phi) is 4.48. The molecule has 0 radical (unpaired) electrons. The van der Waals surface area contributed by atoms with Gasteiger partial charge in [0.15, 0.2) is 23.9 Å². The molecule has 1 aliphatic rings. The van der Waals surface area contributed by atoms with Gasteiger partial charge in [0.05, 0.1) is 12.7 Å². The SMILES string of the molecule is COc1cc(/C=C2\COc3ccccc3C2=O)ccc1OCC#N. The Morgan fingerprint density at radius 2 is 2.08 bits per heavy atom. The second-order valence-corrected chi connectivity index (χ2v) is 5.14. The van der Waals surface area contributed by atoms with Gasteiger partial charge in [-0.25, -0.2) is 0 Å². The van der Waals surface area contributed by atoms with Crippen molar-refractivity contribution in [3.8, 4) is 23.3 Å². The highest BCUT2D eigenvalue weighted by Crippen LogP contribution is 2.31. The summed E-state index contributed by atoms with van der Waals surface area (Å²) < 4.78 is 16.2. The van der Waals surface area contributed by atoms with Crippen LogP contribution in [0.5, 0.6) is 17.2 Å². The summed E-state index contributed by atoms with van der Waals surface area (Å²) >= 11 is 0. The van der Waals surface area contributed by atoms with Crippen molar-refractivity contribution in [2.75, 3.05) is 20.3 Å². The van der Waals surface area contributed by atoms with Gasteiger partial charge in [-0.2, -0.15) is 5.26 Å². The fourth-order valence-electron chi connectivity index (χ4n) is 2.49. The molecule has 1 aliphatic heterocycles. The lowest BCUT2D eigenvalue weighted by Gasteiger charge is -2.18. The number of benzene rings is 2. The molecule has 2 aromatic rings. The minimum atomic E-state index is -0.0556. The van der Waals surface area contributed by atoms with Crippen LogP contribution in [0, 0.1) is 11.3 Å². The number of methoxy groups -OCH3 is 1. The molecule has 0 spiro atoms. The van der Waals surface area contributed by atoms with Crippen molar-refractivity contribution in [3.63, 3.8) is 0 Å². The van der Waals surface area contributed by atoms with Crippen LogP contribution in [-0.2, 0) is 0 Å². The normalized spacial score (nSPS) is 14.5. The van der Waals surface area contributed by atoms with Gasteiger partial charge in [0.2, 0.25) is 0 Å². The van der Waals surface area contributed by atoms with E-state index in [2.05, 4.69) is 0 Å². The molecule has 0 aromatic heterocycles. The van der Waals surface area contributed by atoms with Gasteiger partial charge < -0.3 is 14.2 Å². The van der Waals surface area contributed by atoms with Crippen molar-refractivity contribution < 1.29 is 19.0 Å². The van der Waals surface area contributed by atoms with Gasteiger partial charge >= 0.3 is 0 Å². The molecule has 5 heteroatoms. The standard InChI is InChI=1S/C19H15NO4/c1-22-18-11-13(6-7-17(18)23-9-8-20)10-14-12-24-16-5-3-2-4-15(16)19(14)21/h2-7,10-11H,9,12H2,1H3/b14-10+. The molecule has 3 rings (SSSR count). The largest absolute Gasteiger partial charge is 0.493 e. The van der Waals surface area contributed by atoms with Gasteiger partial charge in [-0.1, -0.05) is 18.2 Å². The second-order valence-electron chi connectivity index (χ2n) is 5.14. The zero-order valence-corrected chi connectivity index (χ0v) is 13.1. The third kappa shape index (κ3) is 3.08. The maximum Gasteiger partial charge on any atom is 0.196 e. The number of para-hydroxylation sites is 1. The summed E-state index contributed by atoms with van der Waals surface area (Å²) in [6.45, 7) is 0.171. The van der Waals surface area contributed by atoms with Crippen molar-refractivity contribution in [3.05, 3.63) is 59.2 Å². The van der Waals surface area contributed by atoms with E-state index >= 15 is 0 Å². The number of carbonyl (C=O) groups excluding carboxylic acids is 1. The molecule has 0 amide bonds. The lowest BCUT2D eigenvalue weighted by Crippen LogP contribution is -2.18. The highest BCUT2D eigenvalue weighted by Gasteiger charge is 2.22. The van der Waals surface area contributed by atoms with Crippen molar-refractivity contribution in [2.45, 2.75) is 0 Å². The lowest BCUT2D eigenvalue weighted by atomic mass is 9.98. The molecule has 0 unspecified atom stereocenters. The van der Waals surface area contributed by atoms with E-state index in [1.54, 1.807) is 36.4 Å². The van der Waals surface area contributed by atoms with E-state index in [4.69, 9.17) is 19.5 Å². The van der Waals surface area contributed by atoms with Crippen LogP contribution in [0.2, 0.25) is 0 Å². The van der Waals surface area contributed by atoms with E-state index in [9.17, 15) is 4.79 Å². The van der Waals surface area contributed by atoms with E-state index in [-0.39, 0.29) is 19.0 Å². The Labute approximate surface area is 139 Å². The van der Waals surface area contributed by atoms with Crippen molar-refractivity contribution >= 4 is 11.9 Å². The zero-order valence-electron chi connectivity index (χ0n) is 13.1. The molecular formula is C19H15NO4. The predicted octanol–water partition coefficient (Wildman–Crippen LogP) is 3.26. The summed E-state index contributed by atoms with van der Waals surface area (Å²) in [7, 11) is 1.52. The third-order valence-electron chi connectivity index (χ3n) is 3.63. The Hall–Kier alpha value is -3.26. The maximum absolute atomic E-state index is 12.5. The van der Waals surface area contributed by atoms with Gasteiger partial charge in [0.25, 0.3) is 0 Å². The quantitative estimate of drug-likeness (QED) is 0.809. The number of carbonyl (C=O) groups is 1. The van der Waals surface area contributed by atoms with Crippen LogP contribution >= 0.6 is 0 Å². The van der Waals surface area contributed by atoms with Crippen LogP contribution in [0.3, 0.4) is 0 Å². The summed E-state index contributed by atoms with van der Waals surface area (Å²) in [5, 5.41) is 8.59. The van der Waals surface area contributed by atoms with Crippen molar-refractivity contribution in [1.82, 2.24) is 0 Å². The fourth-order valence-corrected chi connectivity index (χ4v) is 2.49. The maximum atomic E-state index is 12.5. The number of ether oxygens (including phenoxy) is 3. The highest BCUT2D eigenvalue weighted by molar-refractivity contribution is 6.14. The Balaban J connectivity index is 1.89. The summed E-state index contributed by atoms with van der Waals surface area (Å²) in [6.07, 6.45) is 1.77. The van der Waals surface area contributed by atoms with Gasteiger partial charge in [-0.05, 0) is 35.9 Å². The van der Waals surface area contributed by atoms with Crippen LogP contribution in [0.15, 0.2) is 48.0 Å². The van der Waals surface area contributed by atoms with Gasteiger partial charge in [0.1, 0.15) is 18.4 Å². The van der Waals surface area contributed by atoms with E-state index in [1.807, 2.05) is 18.2 Å². The molecule has 24 heavy (non-hydrogen) atoms. The number of fused-ring (bicyclic) bond motifs is 1. The number of nitrogens with zero attached hydrogens (tertiary/aromatic N) is 1. The topological polar surface area (TPSA) is 68.6 Å². The summed E-state index contributed by atoms with van der Waals surface area (Å²) in [6, 6.07) is 14.4. The number of hydrogen-bond donors (Lipinski definition) is 0. The molecule has 5 nitrogen and oxygen atoms in total. The Morgan fingerprint density at radius 3 is 2.88 bits per heavy atom. The first-order valence-corrected chi connectivity index (χ1v) is 7.38. The first kappa shape index (κ1) is 15.6. The molecule has 0 atom stereocenters. The Morgan fingerprint density at radius 1 is 1.25 bits per heavy atom. The first-order valence-electron chi connectivity index (χ1n) is 7.38. The summed E-state index contributed by atoms with van der Waals surface area (Å²) in [4.78, 5) is 12.5. The smallest absolute Gasteiger partial charge is 0.196 e. The molecule has 0 saturated carbocycles. The number of rotatable bonds is 4. The molecule has 2 aromatic carbocycles. The number of hydrogen-bond acceptors (Lipinski definition) is 5. The molecule has 0 N–H and O–H groups in total. The second kappa shape index (κ2) is 6.88. The van der Waals surface area contributed by atoms with Gasteiger partial charge in [-0.3, -0.25) is 4.79 Å². The summed E-state index contributed by atoms with van der Waals surface area (Å²) in [5.41, 5.74) is 1.93. The van der Waals surface area contributed by atoms with Crippen LogP contribution in [0.1, 0.15) is 15.9 Å². The fraction of sp³-hybridized carbons (Fsp3) is 0.158. The van der Waals surface area contributed by atoms with Gasteiger partial charge in [-0.15, -0.1) is 0 Å². The van der Waals surface area contributed by atoms with E-state index < -0.39 is 0 Å². The average Bonchev–Trinajstić information content (AvgIpc) is 2.63. The number of Topliss-reactive ketones (excluding diaryl/α,β-unsaturated/α-hetero) is 1. The molecule has 1 heterocycles. The number of nitriles is 1. The predicted molar refractivity (Wildman–Crippen MR) is 88.3 cm³/mol. The monoisotopic (exact) mass is 321 g/mol. The van der Waals surface area contributed by atoms with E-state index in [1.165, 1.54) is 7.11 Å². The highest BCUT2D eigenvalue weighted by atomic mass is 16.5. The molecule has 120 valence electrons. The molecule has 0 fully saturated rings. The third-order valence-corrected chi connectivity index (χ3v) is 3.63. The minimum Gasteiger partial charge on any atom is -0.493 e. The molecule has 0 bridgehead atoms. The van der Waals surface area contributed by atoms with Crippen LogP contribution in [-0.4, -0.2) is 26.1 Å². The zero-order chi connectivity index (χ0) is 16.9. The minimum absolute atomic E-state index is 0.0411. The van der Waals surface area contributed by atoms with Crippen LogP contribution in [0.4, 0.5) is 0 Å². The average molecular weight is 321 g/mol. The number of ketones is 1. The van der Waals surface area contributed by atoms with Gasteiger partial charge in [0, 0.05) is 5.57 Å². The Bertz CT molecular complexity index is 849. The van der Waals surface area contributed by atoms with E-state index in [0.29, 0.717) is 28.4 Å².